The fourth-order valence-corrected chi connectivity index (χ4v) is 1.45. The summed E-state index contributed by atoms with van der Waals surface area (Å²) in [6.07, 6.45) is 1.54. The van der Waals surface area contributed by atoms with Crippen LogP contribution in [0.3, 0.4) is 0 Å². The molecule has 0 atom stereocenters. The SMILES string of the molecule is CCNCCNC(=O)c1cc(-c2ccco2)on1.Cl. The number of carbonyl (C=O) groups is 1. The summed E-state index contributed by atoms with van der Waals surface area (Å²) in [6, 6.07) is 5.04. The summed E-state index contributed by atoms with van der Waals surface area (Å²) in [7, 11) is 0. The highest BCUT2D eigenvalue weighted by atomic mass is 35.5. The van der Waals surface area contributed by atoms with Crippen molar-refractivity contribution in [3.63, 3.8) is 0 Å². The molecule has 0 radical (unpaired) electrons. The minimum Gasteiger partial charge on any atom is -0.461 e. The van der Waals surface area contributed by atoms with Crippen LogP contribution in [0.15, 0.2) is 33.4 Å². The number of hydrogen-bond acceptors (Lipinski definition) is 5. The number of halogens is 1. The molecule has 0 spiro atoms. The Morgan fingerprint density at radius 3 is 2.89 bits per heavy atom. The third-order valence-electron chi connectivity index (χ3n) is 2.34. The number of hydrogen-bond donors (Lipinski definition) is 2. The minimum absolute atomic E-state index is 0. The van der Waals surface area contributed by atoms with Crippen molar-refractivity contribution in [1.82, 2.24) is 15.8 Å². The summed E-state index contributed by atoms with van der Waals surface area (Å²) in [5.74, 6) is 0.737. The summed E-state index contributed by atoms with van der Waals surface area (Å²) >= 11 is 0. The fraction of sp³-hybridized carbons (Fsp3) is 0.333. The smallest absolute Gasteiger partial charge is 0.273 e. The largest absolute Gasteiger partial charge is 0.461 e. The average Bonchev–Trinajstić information content (AvgIpc) is 3.03. The first kappa shape index (κ1) is 15.3. The van der Waals surface area contributed by atoms with Gasteiger partial charge in [-0.2, -0.15) is 0 Å². The van der Waals surface area contributed by atoms with Gasteiger partial charge in [-0.25, -0.2) is 0 Å². The molecule has 0 aliphatic carbocycles. The van der Waals surface area contributed by atoms with E-state index >= 15 is 0 Å². The topological polar surface area (TPSA) is 80.3 Å². The van der Waals surface area contributed by atoms with Gasteiger partial charge < -0.3 is 19.6 Å². The maximum absolute atomic E-state index is 11.7. The molecule has 2 rings (SSSR count). The second-order valence-corrected chi connectivity index (χ2v) is 3.66. The highest BCUT2D eigenvalue weighted by Gasteiger charge is 2.14. The molecule has 0 saturated carbocycles. The van der Waals surface area contributed by atoms with Crippen molar-refractivity contribution in [3.05, 3.63) is 30.2 Å². The summed E-state index contributed by atoms with van der Waals surface area (Å²) < 4.78 is 10.2. The maximum atomic E-state index is 11.7. The van der Waals surface area contributed by atoms with Gasteiger partial charge in [-0.15, -0.1) is 12.4 Å². The fourth-order valence-electron chi connectivity index (χ4n) is 1.45. The number of nitrogens with one attached hydrogen (secondary N) is 2. The van der Waals surface area contributed by atoms with Gasteiger partial charge in [0.15, 0.2) is 11.5 Å². The Balaban J connectivity index is 0.00000180. The van der Waals surface area contributed by atoms with Crippen LogP contribution in [0, 0.1) is 0 Å². The van der Waals surface area contributed by atoms with Crippen molar-refractivity contribution >= 4 is 18.3 Å². The first-order chi connectivity index (χ1) is 8.81. The molecule has 0 saturated heterocycles. The van der Waals surface area contributed by atoms with E-state index in [2.05, 4.69) is 15.8 Å². The van der Waals surface area contributed by atoms with Gasteiger partial charge in [0.2, 0.25) is 5.76 Å². The maximum Gasteiger partial charge on any atom is 0.273 e. The molecule has 19 heavy (non-hydrogen) atoms. The molecule has 0 aliphatic rings. The Morgan fingerprint density at radius 1 is 1.37 bits per heavy atom. The lowest BCUT2D eigenvalue weighted by atomic mass is 10.3. The molecule has 6 nitrogen and oxygen atoms in total. The van der Waals surface area contributed by atoms with Crippen molar-refractivity contribution in [2.75, 3.05) is 19.6 Å². The molecule has 2 N–H and O–H groups in total. The van der Waals surface area contributed by atoms with E-state index in [1.54, 1.807) is 18.2 Å². The Kier molecular flexibility index (Phi) is 6.11. The van der Waals surface area contributed by atoms with Crippen molar-refractivity contribution < 1.29 is 13.7 Å². The Hall–Kier alpha value is -1.79. The summed E-state index contributed by atoms with van der Waals surface area (Å²) in [4.78, 5) is 11.7. The van der Waals surface area contributed by atoms with Gasteiger partial charge >= 0.3 is 0 Å². The van der Waals surface area contributed by atoms with Crippen molar-refractivity contribution in [1.29, 1.82) is 0 Å². The van der Waals surface area contributed by atoms with Gasteiger partial charge in [-0.3, -0.25) is 4.79 Å². The average molecular weight is 286 g/mol. The number of rotatable bonds is 6. The van der Waals surface area contributed by atoms with Crippen LogP contribution in [0.2, 0.25) is 0 Å². The Morgan fingerprint density at radius 2 is 2.21 bits per heavy atom. The van der Waals surface area contributed by atoms with E-state index < -0.39 is 0 Å². The van der Waals surface area contributed by atoms with Crippen LogP contribution in [0.5, 0.6) is 0 Å². The Labute approximate surface area is 116 Å². The second-order valence-electron chi connectivity index (χ2n) is 3.66. The molecule has 0 bridgehead atoms. The van der Waals surface area contributed by atoms with E-state index in [1.165, 1.54) is 6.26 Å². The van der Waals surface area contributed by atoms with E-state index in [-0.39, 0.29) is 24.0 Å². The van der Waals surface area contributed by atoms with Crippen molar-refractivity contribution in [3.8, 4) is 11.5 Å². The first-order valence-corrected chi connectivity index (χ1v) is 5.80. The molecule has 2 heterocycles. The van der Waals surface area contributed by atoms with Crippen LogP contribution in [0.25, 0.3) is 11.5 Å². The number of likely N-dealkylation sites (N-methyl/N-ethyl adjacent to an activating group) is 1. The first-order valence-electron chi connectivity index (χ1n) is 5.80. The van der Waals surface area contributed by atoms with Gasteiger partial charge in [-0.1, -0.05) is 12.1 Å². The Bertz CT molecular complexity index is 496. The number of aromatic nitrogens is 1. The zero-order valence-electron chi connectivity index (χ0n) is 10.5. The number of amides is 1. The van der Waals surface area contributed by atoms with Crippen LogP contribution >= 0.6 is 12.4 Å². The number of furan rings is 1. The zero-order chi connectivity index (χ0) is 12.8. The molecule has 0 aliphatic heterocycles. The van der Waals surface area contributed by atoms with E-state index in [0.29, 0.717) is 18.1 Å². The summed E-state index contributed by atoms with van der Waals surface area (Å²) in [5, 5.41) is 9.55. The molecule has 0 fully saturated rings. The van der Waals surface area contributed by atoms with E-state index in [1.807, 2.05) is 6.92 Å². The van der Waals surface area contributed by atoms with Gasteiger partial charge in [0.1, 0.15) is 0 Å². The predicted molar refractivity (Wildman–Crippen MR) is 72.3 cm³/mol. The van der Waals surface area contributed by atoms with Crippen LogP contribution in [-0.4, -0.2) is 30.7 Å². The summed E-state index contributed by atoms with van der Waals surface area (Å²) in [6.45, 7) is 4.16. The highest BCUT2D eigenvalue weighted by Crippen LogP contribution is 2.20. The lowest BCUT2D eigenvalue weighted by Crippen LogP contribution is -2.31. The molecular weight excluding hydrogens is 270 g/mol. The molecule has 2 aromatic heterocycles. The van der Waals surface area contributed by atoms with Crippen molar-refractivity contribution in [2.45, 2.75) is 6.92 Å². The molecular formula is C12H16ClN3O3. The van der Waals surface area contributed by atoms with Crippen LogP contribution in [-0.2, 0) is 0 Å². The highest BCUT2D eigenvalue weighted by molar-refractivity contribution is 5.92. The monoisotopic (exact) mass is 285 g/mol. The standard InChI is InChI=1S/C12H15N3O3.ClH/c1-2-13-5-6-14-12(16)9-8-11(18-15-9)10-4-3-7-17-10;/h3-4,7-8,13H,2,5-6H2,1H3,(H,14,16);1H. The van der Waals surface area contributed by atoms with E-state index in [9.17, 15) is 4.79 Å². The van der Waals surface area contributed by atoms with Gasteiger partial charge in [-0.05, 0) is 18.7 Å². The minimum atomic E-state index is -0.255. The molecule has 0 aromatic carbocycles. The lowest BCUT2D eigenvalue weighted by Gasteiger charge is -2.02. The predicted octanol–water partition coefficient (Wildman–Crippen LogP) is 1.70. The molecule has 2 aromatic rings. The van der Waals surface area contributed by atoms with Crippen LogP contribution < -0.4 is 10.6 Å². The normalized spacial score (nSPS) is 9.95. The number of nitrogens with zero attached hydrogens (tertiary/aromatic N) is 1. The molecule has 104 valence electrons. The van der Waals surface area contributed by atoms with Gasteiger partial charge in [0.05, 0.1) is 6.26 Å². The second kappa shape index (κ2) is 7.60. The van der Waals surface area contributed by atoms with E-state index in [0.717, 1.165) is 13.1 Å². The zero-order valence-corrected chi connectivity index (χ0v) is 11.3. The van der Waals surface area contributed by atoms with Crippen molar-refractivity contribution in [2.24, 2.45) is 0 Å². The molecule has 7 heteroatoms. The quantitative estimate of drug-likeness (QED) is 0.790. The summed E-state index contributed by atoms with van der Waals surface area (Å²) in [5.41, 5.74) is 0.248. The van der Waals surface area contributed by atoms with E-state index in [4.69, 9.17) is 8.94 Å². The number of carbonyl (C=O) groups excluding carboxylic acids is 1. The van der Waals surface area contributed by atoms with Gasteiger partial charge in [0.25, 0.3) is 5.91 Å². The van der Waals surface area contributed by atoms with Crippen LogP contribution in [0.4, 0.5) is 0 Å². The third-order valence-corrected chi connectivity index (χ3v) is 2.34. The lowest BCUT2D eigenvalue weighted by molar-refractivity contribution is 0.0945. The molecule has 0 unspecified atom stereocenters. The third kappa shape index (κ3) is 4.11. The van der Waals surface area contributed by atoms with Crippen LogP contribution in [0.1, 0.15) is 17.4 Å². The van der Waals surface area contributed by atoms with Gasteiger partial charge in [0, 0.05) is 19.2 Å². The molecule has 1 amide bonds.